The lowest BCUT2D eigenvalue weighted by Gasteiger charge is -2.52. The van der Waals surface area contributed by atoms with E-state index in [-0.39, 0.29) is 0 Å². The highest BCUT2D eigenvalue weighted by Gasteiger charge is 2.62. The third-order valence-electron chi connectivity index (χ3n) is 23.2. The maximum atomic E-state index is 13.3. The lowest BCUT2D eigenvalue weighted by molar-refractivity contribution is -0.406. The number of hydrogen-bond donors (Lipinski definition) is 30. The molecule has 10 heterocycles. The van der Waals surface area contributed by atoms with Crippen LogP contribution in [0.5, 0.6) is 0 Å². The van der Waals surface area contributed by atoms with Crippen molar-refractivity contribution in [2.45, 2.75) is 387 Å². The number of aliphatic hydroxyl groups excluding tert-OH is 28. The number of amides is 2. The second-order valence-corrected chi connectivity index (χ2v) is 32.0. The Morgan fingerprint density at radius 3 is 0.951 bits per heavy atom. The van der Waals surface area contributed by atoms with Crippen molar-refractivity contribution in [3.8, 4) is 0 Å². The van der Waals surface area contributed by atoms with Crippen LogP contribution in [0.4, 0.5) is 0 Å². The van der Waals surface area contributed by atoms with Gasteiger partial charge in [0.15, 0.2) is 62.9 Å². The van der Waals surface area contributed by atoms with E-state index < -0.39 is 383 Å². The SMILES string of the molecule is CC(=O)N[C@H]1[C@H](O[C@@H]2[C@@H](O)[C@@H](O[C@@H]3O[C@@H](C)[C@H](O[C@H]4O[C@H](CO)[C@@H](O)[C@H](O[C@H]5O[C@H](CO)[C@H](O)[C@H](O[C@@H]6O[C@@H](C)[C@H](O)[C@@H](O)[C@H]6O)[C@H]5O)[C@H]4NC(C)=O)[C@@H](O)[C@H]3O)[C@H](O[C@H]3[C@H](OC[C@H](O)[C@@H](O[C@@H]4O[C@@H](C)[C@H](O)[C@@H](O)[C@H]4O)[C@H](O)[C@H](O)CO)O[C@@H](C)[C@H](O)[C@H]3O)O[C@H]2C)O[C@H](CO)[C@@H](O)[C@@H]1O[C@H]1O[C@H](CO)[C@H](O)[C@H](O[C@@H]2O[C@@H](C)[C@H](O)[C@@H](O)[C@H]2O)[C@H]1O. The third kappa shape index (κ3) is 21.9. The molecule has 10 rings (SSSR count). The Balaban J connectivity index is 0.947. The number of hydrogen-bond acceptors (Lipinski definition) is 50. The maximum absolute atomic E-state index is 13.3. The molecule has 0 radical (unpaired) electrons. The van der Waals surface area contributed by atoms with Crippen LogP contribution in [-0.4, -0.2) is 526 Å². The number of ether oxygens (including phenoxy) is 20. The molecule has 0 aromatic heterocycles. The molecule has 2 amide bonds. The summed E-state index contributed by atoms with van der Waals surface area (Å²) in [6.07, 6.45) is -102. The van der Waals surface area contributed by atoms with Gasteiger partial charge in [0.05, 0.1) is 76.3 Å². The highest BCUT2D eigenvalue weighted by atomic mass is 16.8. The molecule has 10 fully saturated rings. The quantitative estimate of drug-likeness (QED) is 0.0306. The molecule has 0 unspecified atom stereocenters. The number of carbonyl (C=O) groups is 2. The fourth-order valence-electron chi connectivity index (χ4n) is 15.9. The molecular formula is C70H120N2O50. The van der Waals surface area contributed by atoms with E-state index in [1.54, 1.807) is 0 Å². The summed E-state index contributed by atoms with van der Waals surface area (Å²) in [7, 11) is 0. The summed E-state index contributed by atoms with van der Waals surface area (Å²) in [5, 5.41) is 317. The predicted molar refractivity (Wildman–Crippen MR) is 379 cm³/mol. The zero-order valence-corrected chi connectivity index (χ0v) is 66.9. The van der Waals surface area contributed by atoms with Gasteiger partial charge < -0.3 is 248 Å². The first kappa shape index (κ1) is 101. The van der Waals surface area contributed by atoms with Gasteiger partial charge in [-0.1, -0.05) is 0 Å². The van der Waals surface area contributed by atoms with Gasteiger partial charge in [-0.2, -0.15) is 0 Å². The van der Waals surface area contributed by atoms with Crippen molar-refractivity contribution in [1.29, 1.82) is 0 Å². The second kappa shape index (κ2) is 43.4. The maximum Gasteiger partial charge on any atom is 0.217 e. The molecule has 0 aromatic carbocycles. The second-order valence-electron chi connectivity index (χ2n) is 32.0. The summed E-state index contributed by atoms with van der Waals surface area (Å²) in [6.45, 7) is 2.80. The zero-order valence-electron chi connectivity index (χ0n) is 66.9. The summed E-state index contributed by atoms with van der Waals surface area (Å²) in [5.41, 5.74) is 0. The summed E-state index contributed by atoms with van der Waals surface area (Å²) < 4.78 is 119. The Labute approximate surface area is 694 Å². The van der Waals surface area contributed by atoms with Gasteiger partial charge in [0, 0.05) is 13.8 Å². The molecule has 52 heteroatoms. The van der Waals surface area contributed by atoms with Gasteiger partial charge in [-0.15, -0.1) is 0 Å². The molecule has 30 N–H and O–H groups in total. The summed E-state index contributed by atoms with van der Waals surface area (Å²) in [6, 6.07) is -3.77. The smallest absolute Gasteiger partial charge is 0.217 e. The van der Waals surface area contributed by atoms with Gasteiger partial charge in [0.2, 0.25) is 11.8 Å². The van der Waals surface area contributed by atoms with E-state index in [1.165, 1.54) is 41.5 Å². The zero-order chi connectivity index (χ0) is 90.1. The minimum absolute atomic E-state index is 0.916. The van der Waals surface area contributed by atoms with Crippen LogP contribution in [0.25, 0.3) is 0 Å². The van der Waals surface area contributed by atoms with E-state index in [4.69, 9.17) is 94.7 Å². The lowest BCUT2D eigenvalue weighted by Crippen LogP contribution is -2.70. The molecule has 52 nitrogen and oxygen atoms in total. The molecule has 10 saturated heterocycles. The first-order chi connectivity index (χ1) is 57.4. The van der Waals surface area contributed by atoms with E-state index in [9.17, 15) is 153 Å². The van der Waals surface area contributed by atoms with Crippen LogP contribution in [0.2, 0.25) is 0 Å². The lowest BCUT2D eigenvalue weighted by atomic mass is 9.94. The Morgan fingerprint density at radius 2 is 0.557 bits per heavy atom. The average Bonchev–Trinajstić information content (AvgIpc) is 0.757. The highest BCUT2D eigenvalue weighted by molar-refractivity contribution is 5.73. The van der Waals surface area contributed by atoms with Gasteiger partial charge in [-0.25, -0.2) is 0 Å². The van der Waals surface area contributed by atoms with E-state index in [0.717, 1.165) is 13.8 Å². The van der Waals surface area contributed by atoms with E-state index in [1.807, 2.05) is 0 Å². The first-order valence-corrected chi connectivity index (χ1v) is 39.7. The van der Waals surface area contributed by atoms with E-state index in [2.05, 4.69) is 10.6 Å². The number of carbonyl (C=O) groups excluding carboxylic acids is 2. The highest BCUT2D eigenvalue weighted by Crippen LogP contribution is 2.42. The van der Waals surface area contributed by atoms with E-state index in [0.29, 0.717) is 0 Å². The van der Waals surface area contributed by atoms with Crippen molar-refractivity contribution in [1.82, 2.24) is 10.6 Å². The topological polar surface area (TPSA) is 809 Å². The van der Waals surface area contributed by atoms with Crippen molar-refractivity contribution in [2.24, 2.45) is 0 Å². The third-order valence-corrected chi connectivity index (χ3v) is 23.2. The normalized spacial score (nSPS) is 50.9. The molecule has 710 valence electrons. The Bertz CT molecular complexity index is 3220. The molecule has 10 aliphatic heterocycles. The number of nitrogens with one attached hydrogen (secondary N) is 2. The van der Waals surface area contributed by atoms with Crippen molar-refractivity contribution in [3.63, 3.8) is 0 Å². The Hall–Kier alpha value is -2.98. The average molecular weight is 1790 g/mol. The van der Waals surface area contributed by atoms with Gasteiger partial charge in [-0.05, 0) is 41.5 Å². The van der Waals surface area contributed by atoms with Crippen LogP contribution < -0.4 is 10.6 Å². The van der Waals surface area contributed by atoms with E-state index >= 15 is 0 Å². The van der Waals surface area contributed by atoms with Crippen LogP contribution in [0.3, 0.4) is 0 Å². The molecule has 0 aromatic rings. The Morgan fingerprint density at radius 1 is 0.279 bits per heavy atom. The standard InChI is InChI=1S/C70H120N2O50/c1-15-31(82)40(91)45(96)63(104-15)116-54(35(86)23(80)9-73)24(81)14-103-69-59(43(94)34(85)18(4)107-69)122-70-60(49(100)53(20(6)109-70)115-62-30(72-22(8)79)56(37(88)26(11-75)111-62)118-68-51(102)58(39(90)28(13-77)113-68)120-65-47(98)42(93)33(84)17(3)106-65)121-66-48(99)44(95)52(19(5)108-66)114-61-29(71-21(7)78)55(36(87)25(10-74)110-61)117-67-50(101)57(38(89)27(12-76)112-67)119-64-46(97)41(92)32(83)16(2)105-64/h15-20,23-70,73-77,80-102H,9-14H2,1-8H3,(H,71,78)(H,72,79)/t15-,16-,17-,18-,19-,20-,23+,24-,25+,26+,27+,28+,29+,30+,31-,32-,33-,34-,35+,36+,37+,38-,39-,40+,41+,42+,43+,44-,45+,46+,47+,48+,49+,50+,51+,52-,53-,54+,55+,56+,57-,58-,59+,60+,61+,62-,63-,64-,65-,66-,67+,68+,69+,70-/m0/s1. The minimum atomic E-state index is -2.46. The van der Waals surface area contributed by atoms with Crippen LogP contribution >= 0.6 is 0 Å². The van der Waals surface area contributed by atoms with Crippen LogP contribution in [-0.2, 0) is 104 Å². The van der Waals surface area contributed by atoms with Gasteiger partial charge >= 0.3 is 0 Å². The van der Waals surface area contributed by atoms with Crippen LogP contribution in [0.1, 0.15) is 55.4 Å². The van der Waals surface area contributed by atoms with Crippen LogP contribution in [0.15, 0.2) is 0 Å². The monoisotopic (exact) mass is 1790 g/mol. The van der Waals surface area contributed by atoms with Gasteiger partial charge in [0.1, 0.15) is 232 Å². The minimum Gasteiger partial charge on any atom is -0.394 e. The van der Waals surface area contributed by atoms with Crippen molar-refractivity contribution in [3.05, 3.63) is 0 Å². The summed E-state index contributed by atoms with van der Waals surface area (Å²) >= 11 is 0. The number of aliphatic hydroxyl groups is 28. The van der Waals surface area contributed by atoms with Crippen molar-refractivity contribution in [2.75, 3.05) is 39.6 Å². The summed E-state index contributed by atoms with van der Waals surface area (Å²) in [5.74, 6) is -1.87. The molecule has 122 heavy (non-hydrogen) atoms. The number of rotatable bonds is 31. The predicted octanol–water partition coefficient (Wildman–Crippen LogP) is -18.9. The molecule has 0 aliphatic carbocycles. The first-order valence-electron chi connectivity index (χ1n) is 39.7. The van der Waals surface area contributed by atoms with Gasteiger partial charge in [-0.3, -0.25) is 9.59 Å². The van der Waals surface area contributed by atoms with Crippen molar-refractivity contribution < 1.29 is 247 Å². The van der Waals surface area contributed by atoms with Crippen molar-refractivity contribution >= 4 is 11.8 Å². The van der Waals surface area contributed by atoms with Crippen LogP contribution in [0, 0.1) is 0 Å². The Kier molecular flexibility index (Phi) is 36.0. The molecule has 0 bridgehead atoms. The fourth-order valence-corrected chi connectivity index (χ4v) is 15.9. The molecule has 0 spiro atoms. The van der Waals surface area contributed by atoms with Gasteiger partial charge in [0.25, 0.3) is 0 Å². The summed E-state index contributed by atoms with van der Waals surface area (Å²) in [4.78, 5) is 26.5. The largest absolute Gasteiger partial charge is 0.394 e. The fraction of sp³-hybridized carbons (Fsp3) is 0.971. The molecule has 54 atom stereocenters. The molecular weight excluding hydrogens is 1670 g/mol. The molecule has 10 aliphatic rings. The molecule has 0 saturated carbocycles.